The average Bonchev–Trinajstić information content (AvgIpc) is 2.14. The van der Waals surface area contributed by atoms with E-state index in [1.165, 1.54) is 0 Å². The molecule has 3 N–H and O–H groups in total. The molecule has 0 aliphatic heterocycles. The lowest BCUT2D eigenvalue weighted by atomic mass is 10.3. The van der Waals surface area contributed by atoms with Crippen molar-refractivity contribution in [2.45, 2.75) is 25.5 Å². The lowest BCUT2D eigenvalue weighted by Crippen LogP contribution is -2.18. The summed E-state index contributed by atoms with van der Waals surface area (Å²) in [6.45, 7) is 6.27. The molecule has 0 saturated carbocycles. The number of anilines is 2. The number of benzene rings is 1. The Balaban J connectivity index is 2.46. The number of hydrogen-bond donors (Lipinski definition) is 2. The van der Waals surface area contributed by atoms with E-state index < -0.39 is 0 Å². The molecule has 1 amide bonds. The van der Waals surface area contributed by atoms with Crippen molar-refractivity contribution >= 4 is 29.0 Å². The first-order valence-electron chi connectivity index (χ1n) is 5.16. The van der Waals surface area contributed by atoms with E-state index >= 15 is 0 Å². The monoisotopic (exact) mass is 238 g/mol. The van der Waals surface area contributed by atoms with Crippen molar-refractivity contribution in [1.29, 1.82) is 0 Å². The quantitative estimate of drug-likeness (QED) is 0.796. The number of carbonyl (C=O) groups excluding carboxylic acids is 1. The van der Waals surface area contributed by atoms with Gasteiger partial charge in [0.25, 0.3) is 0 Å². The Bertz CT molecular complexity index is 372. The molecule has 1 aromatic carbocycles. The zero-order valence-electron chi connectivity index (χ0n) is 9.91. The molecule has 0 saturated heterocycles. The van der Waals surface area contributed by atoms with Crippen LogP contribution in [0.25, 0.3) is 0 Å². The van der Waals surface area contributed by atoms with Crippen LogP contribution in [-0.4, -0.2) is 16.4 Å². The van der Waals surface area contributed by atoms with Gasteiger partial charge in [0.1, 0.15) is 0 Å². The lowest BCUT2D eigenvalue weighted by Gasteiger charge is -2.17. The number of thioether (sulfide) groups is 1. The maximum atomic E-state index is 11.6. The van der Waals surface area contributed by atoms with Crippen LogP contribution in [0.3, 0.4) is 0 Å². The first-order chi connectivity index (χ1) is 7.37. The number of amides is 1. The summed E-state index contributed by atoms with van der Waals surface area (Å²) < 4.78 is 0.104. The van der Waals surface area contributed by atoms with Crippen LogP contribution >= 0.6 is 11.8 Å². The SMILES string of the molecule is CC(C)(C)SCC(=O)Nc1cccc(N)c1. The second kappa shape index (κ2) is 5.25. The van der Waals surface area contributed by atoms with Gasteiger partial charge < -0.3 is 11.1 Å². The van der Waals surface area contributed by atoms with E-state index in [1.54, 1.807) is 23.9 Å². The molecule has 4 heteroatoms. The molecule has 16 heavy (non-hydrogen) atoms. The van der Waals surface area contributed by atoms with Gasteiger partial charge in [-0.25, -0.2) is 0 Å². The minimum atomic E-state index is 0.00512. The fourth-order valence-electron chi connectivity index (χ4n) is 1.10. The van der Waals surface area contributed by atoms with Crippen LogP contribution < -0.4 is 11.1 Å². The first kappa shape index (κ1) is 12.9. The third-order valence-electron chi connectivity index (χ3n) is 1.81. The van der Waals surface area contributed by atoms with Crippen molar-refractivity contribution in [2.75, 3.05) is 16.8 Å². The minimum Gasteiger partial charge on any atom is -0.399 e. The Labute approximate surface area is 101 Å². The van der Waals surface area contributed by atoms with Crippen LogP contribution in [0.15, 0.2) is 24.3 Å². The van der Waals surface area contributed by atoms with Gasteiger partial charge in [-0.3, -0.25) is 4.79 Å². The molecule has 0 heterocycles. The smallest absolute Gasteiger partial charge is 0.234 e. The predicted octanol–water partition coefficient (Wildman–Crippen LogP) is 2.74. The normalized spacial score (nSPS) is 11.2. The van der Waals surface area contributed by atoms with Gasteiger partial charge in [-0.15, -0.1) is 11.8 Å². The topological polar surface area (TPSA) is 55.1 Å². The highest BCUT2D eigenvalue weighted by Crippen LogP contribution is 2.23. The van der Waals surface area contributed by atoms with Crippen LogP contribution in [0.1, 0.15) is 20.8 Å². The standard InChI is InChI=1S/C12H18N2OS/c1-12(2,3)16-8-11(15)14-10-6-4-5-9(13)7-10/h4-7H,8,13H2,1-3H3,(H,14,15). The number of nitrogen functional groups attached to an aromatic ring is 1. The predicted molar refractivity (Wildman–Crippen MR) is 71.7 cm³/mol. The number of carbonyl (C=O) groups is 1. The summed E-state index contributed by atoms with van der Waals surface area (Å²) in [6, 6.07) is 7.19. The summed E-state index contributed by atoms with van der Waals surface area (Å²) in [5.74, 6) is 0.462. The van der Waals surface area contributed by atoms with E-state index in [0.717, 1.165) is 5.69 Å². The Morgan fingerprint density at radius 1 is 1.44 bits per heavy atom. The molecule has 88 valence electrons. The largest absolute Gasteiger partial charge is 0.399 e. The molecule has 0 fully saturated rings. The maximum Gasteiger partial charge on any atom is 0.234 e. The van der Waals surface area contributed by atoms with Gasteiger partial charge in [0.2, 0.25) is 5.91 Å². The molecule has 0 bridgehead atoms. The van der Waals surface area contributed by atoms with E-state index in [2.05, 4.69) is 26.1 Å². The van der Waals surface area contributed by atoms with Gasteiger partial charge >= 0.3 is 0 Å². The summed E-state index contributed by atoms with van der Waals surface area (Å²) in [7, 11) is 0. The summed E-state index contributed by atoms with van der Waals surface area (Å²) in [6.07, 6.45) is 0. The highest BCUT2D eigenvalue weighted by atomic mass is 32.2. The van der Waals surface area contributed by atoms with Crippen molar-refractivity contribution in [1.82, 2.24) is 0 Å². The number of nitrogens with two attached hydrogens (primary N) is 1. The number of hydrogen-bond acceptors (Lipinski definition) is 3. The summed E-state index contributed by atoms with van der Waals surface area (Å²) in [5, 5.41) is 2.82. The molecule has 1 aromatic rings. The average molecular weight is 238 g/mol. The van der Waals surface area contributed by atoms with Crippen LogP contribution in [0, 0.1) is 0 Å². The fourth-order valence-corrected chi connectivity index (χ4v) is 1.73. The van der Waals surface area contributed by atoms with E-state index in [9.17, 15) is 4.79 Å². The fraction of sp³-hybridized carbons (Fsp3) is 0.417. The van der Waals surface area contributed by atoms with E-state index in [4.69, 9.17) is 5.73 Å². The molecule has 0 aliphatic rings. The van der Waals surface area contributed by atoms with Gasteiger partial charge in [0, 0.05) is 16.1 Å². The second-order valence-electron chi connectivity index (χ2n) is 4.57. The van der Waals surface area contributed by atoms with Crippen LogP contribution in [0.4, 0.5) is 11.4 Å². The van der Waals surface area contributed by atoms with Gasteiger partial charge in [-0.05, 0) is 18.2 Å². The van der Waals surface area contributed by atoms with Crippen LogP contribution in [-0.2, 0) is 4.79 Å². The van der Waals surface area contributed by atoms with E-state index in [1.807, 2.05) is 12.1 Å². The van der Waals surface area contributed by atoms with Crippen molar-refractivity contribution in [3.63, 3.8) is 0 Å². The Hall–Kier alpha value is -1.16. The Morgan fingerprint density at radius 2 is 2.12 bits per heavy atom. The van der Waals surface area contributed by atoms with Crippen molar-refractivity contribution in [2.24, 2.45) is 0 Å². The first-order valence-corrected chi connectivity index (χ1v) is 6.15. The second-order valence-corrected chi connectivity index (χ2v) is 6.38. The molecule has 1 rings (SSSR count). The van der Waals surface area contributed by atoms with Gasteiger partial charge in [-0.2, -0.15) is 0 Å². The van der Waals surface area contributed by atoms with Crippen molar-refractivity contribution < 1.29 is 4.79 Å². The van der Waals surface area contributed by atoms with E-state index in [0.29, 0.717) is 11.4 Å². The van der Waals surface area contributed by atoms with Crippen molar-refractivity contribution in [3.05, 3.63) is 24.3 Å². The number of nitrogens with one attached hydrogen (secondary N) is 1. The molecular formula is C12H18N2OS. The summed E-state index contributed by atoms with van der Waals surface area (Å²) in [4.78, 5) is 11.6. The molecule has 0 radical (unpaired) electrons. The zero-order chi connectivity index (χ0) is 12.2. The molecule has 0 unspecified atom stereocenters. The molecular weight excluding hydrogens is 220 g/mol. The maximum absolute atomic E-state index is 11.6. The highest BCUT2D eigenvalue weighted by molar-refractivity contribution is 8.01. The van der Waals surface area contributed by atoms with E-state index in [-0.39, 0.29) is 10.7 Å². The van der Waals surface area contributed by atoms with Gasteiger partial charge in [0.15, 0.2) is 0 Å². The minimum absolute atomic E-state index is 0.00512. The summed E-state index contributed by atoms with van der Waals surface area (Å²) >= 11 is 1.62. The molecule has 0 atom stereocenters. The Kier molecular flexibility index (Phi) is 4.24. The van der Waals surface area contributed by atoms with Crippen molar-refractivity contribution in [3.8, 4) is 0 Å². The third-order valence-corrected chi connectivity index (χ3v) is 3.08. The van der Waals surface area contributed by atoms with Crippen LogP contribution in [0.2, 0.25) is 0 Å². The van der Waals surface area contributed by atoms with Gasteiger partial charge in [-0.1, -0.05) is 26.8 Å². The van der Waals surface area contributed by atoms with Crippen LogP contribution in [0.5, 0.6) is 0 Å². The molecule has 0 aliphatic carbocycles. The summed E-state index contributed by atoms with van der Waals surface area (Å²) in [5.41, 5.74) is 7.02. The Morgan fingerprint density at radius 3 is 2.69 bits per heavy atom. The molecule has 3 nitrogen and oxygen atoms in total. The van der Waals surface area contributed by atoms with Gasteiger partial charge in [0.05, 0.1) is 5.75 Å². The molecule has 0 aromatic heterocycles. The highest BCUT2D eigenvalue weighted by Gasteiger charge is 2.13. The third kappa shape index (κ3) is 5.07. The lowest BCUT2D eigenvalue weighted by molar-refractivity contribution is -0.113. The number of rotatable bonds is 3. The molecule has 0 spiro atoms. The zero-order valence-corrected chi connectivity index (χ0v) is 10.7.